The number of halogens is 1. The highest BCUT2D eigenvalue weighted by Gasteiger charge is 2.03. The molecule has 1 N–H and O–H groups in total. The maximum absolute atomic E-state index is 11.7. The van der Waals surface area contributed by atoms with Crippen molar-refractivity contribution in [2.45, 2.75) is 12.8 Å². The van der Waals surface area contributed by atoms with Gasteiger partial charge >= 0.3 is 0 Å². The van der Waals surface area contributed by atoms with Crippen molar-refractivity contribution >= 4 is 17.5 Å². The molecule has 0 fully saturated rings. The molecule has 0 bridgehead atoms. The summed E-state index contributed by atoms with van der Waals surface area (Å²) >= 11 is 5.79. The predicted octanol–water partition coefficient (Wildman–Crippen LogP) is 1.97. The Morgan fingerprint density at radius 3 is 2.68 bits per heavy atom. The summed E-state index contributed by atoms with van der Waals surface area (Å²) in [5.41, 5.74) is 2.08. The van der Waals surface area contributed by atoms with Crippen molar-refractivity contribution in [2.24, 2.45) is 7.05 Å². The van der Waals surface area contributed by atoms with Gasteiger partial charge in [0.1, 0.15) is 0 Å². The van der Waals surface area contributed by atoms with Gasteiger partial charge in [-0.05, 0) is 29.7 Å². The van der Waals surface area contributed by atoms with Crippen LogP contribution in [0.2, 0.25) is 5.02 Å². The van der Waals surface area contributed by atoms with Crippen LogP contribution in [-0.2, 0) is 24.7 Å². The second-order valence-corrected chi connectivity index (χ2v) is 4.86. The van der Waals surface area contributed by atoms with Crippen molar-refractivity contribution in [3.8, 4) is 0 Å². The van der Waals surface area contributed by atoms with E-state index in [2.05, 4.69) is 10.4 Å². The number of benzene rings is 1. The van der Waals surface area contributed by atoms with Gasteiger partial charge in [-0.25, -0.2) is 0 Å². The van der Waals surface area contributed by atoms with Crippen LogP contribution in [0.5, 0.6) is 0 Å². The van der Waals surface area contributed by atoms with Gasteiger partial charge in [0, 0.05) is 24.8 Å². The van der Waals surface area contributed by atoms with Crippen LogP contribution >= 0.6 is 11.6 Å². The van der Waals surface area contributed by atoms with Crippen LogP contribution in [0.15, 0.2) is 36.7 Å². The Kier molecular flexibility index (Phi) is 4.58. The fourth-order valence-corrected chi connectivity index (χ4v) is 1.92. The highest BCUT2D eigenvalue weighted by atomic mass is 35.5. The molecule has 1 amide bonds. The maximum atomic E-state index is 11.7. The third kappa shape index (κ3) is 4.41. The monoisotopic (exact) mass is 277 g/mol. The molecular weight excluding hydrogens is 262 g/mol. The Morgan fingerprint density at radius 1 is 1.32 bits per heavy atom. The molecule has 2 aromatic rings. The van der Waals surface area contributed by atoms with E-state index in [4.69, 9.17) is 11.6 Å². The van der Waals surface area contributed by atoms with Gasteiger partial charge in [0.15, 0.2) is 0 Å². The third-order valence-corrected chi connectivity index (χ3v) is 3.02. The first-order valence-corrected chi connectivity index (χ1v) is 6.50. The summed E-state index contributed by atoms with van der Waals surface area (Å²) in [5, 5.41) is 7.66. The summed E-state index contributed by atoms with van der Waals surface area (Å²) in [6.07, 6.45) is 4.93. The number of nitrogens with zero attached hydrogens (tertiary/aromatic N) is 2. The molecule has 0 saturated heterocycles. The molecule has 0 saturated carbocycles. The summed E-state index contributed by atoms with van der Waals surface area (Å²) in [6.45, 7) is 0.623. The molecule has 0 aliphatic carbocycles. The van der Waals surface area contributed by atoms with Crippen molar-refractivity contribution in [3.63, 3.8) is 0 Å². The Morgan fingerprint density at radius 2 is 2.05 bits per heavy atom. The van der Waals surface area contributed by atoms with Crippen molar-refractivity contribution in [3.05, 3.63) is 52.8 Å². The molecule has 100 valence electrons. The molecule has 1 aromatic carbocycles. The van der Waals surface area contributed by atoms with E-state index in [-0.39, 0.29) is 5.91 Å². The first kappa shape index (κ1) is 13.6. The van der Waals surface area contributed by atoms with Gasteiger partial charge in [-0.1, -0.05) is 23.7 Å². The normalized spacial score (nSPS) is 10.4. The molecule has 0 unspecified atom stereocenters. The van der Waals surface area contributed by atoms with Crippen molar-refractivity contribution < 1.29 is 4.79 Å². The summed E-state index contributed by atoms with van der Waals surface area (Å²) < 4.78 is 1.75. The number of rotatable bonds is 5. The van der Waals surface area contributed by atoms with Crippen LogP contribution in [0.25, 0.3) is 0 Å². The fourth-order valence-electron chi connectivity index (χ4n) is 1.80. The van der Waals surface area contributed by atoms with E-state index in [0.29, 0.717) is 18.0 Å². The Bertz CT molecular complexity index is 548. The van der Waals surface area contributed by atoms with E-state index < -0.39 is 0 Å². The molecule has 4 nitrogen and oxygen atoms in total. The van der Waals surface area contributed by atoms with E-state index in [1.54, 1.807) is 16.8 Å². The van der Waals surface area contributed by atoms with E-state index in [0.717, 1.165) is 17.5 Å². The number of hydrogen-bond donors (Lipinski definition) is 1. The molecule has 0 spiro atoms. The van der Waals surface area contributed by atoms with Crippen LogP contribution < -0.4 is 5.32 Å². The lowest BCUT2D eigenvalue weighted by atomic mass is 10.1. The molecule has 0 aliphatic rings. The van der Waals surface area contributed by atoms with Crippen LogP contribution in [0.4, 0.5) is 0 Å². The van der Waals surface area contributed by atoms with Crippen LogP contribution in [0, 0.1) is 0 Å². The van der Waals surface area contributed by atoms with Crippen LogP contribution in [-0.4, -0.2) is 22.2 Å². The second-order valence-electron chi connectivity index (χ2n) is 4.43. The molecule has 1 heterocycles. The number of hydrogen-bond acceptors (Lipinski definition) is 2. The molecule has 0 atom stereocenters. The first-order chi connectivity index (χ1) is 9.13. The molecule has 19 heavy (non-hydrogen) atoms. The summed E-state index contributed by atoms with van der Waals surface area (Å²) in [6, 6.07) is 7.31. The Balaban J connectivity index is 1.74. The summed E-state index contributed by atoms with van der Waals surface area (Å²) in [7, 11) is 1.88. The van der Waals surface area contributed by atoms with Crippen LogP contribution in [0.1, 0.15) is 11.1 Å². The lowest BCUT2D eigenvalue weighted by Gasteiger charge is -2.04. The number of carbonyl (C=O) groups excluding carboxylic acids is 1. The average Bonchev–Trinajstić information content (AvgIpc) is 2.78. The molecule has 5 heteroatoms. The standard InChI is InChI=1S/C14H16ClN3O/c1-18-10-12(9-17-18)6-7-16-14(19)8-11-2-4-13(15)5-3-11/h2-5,9-10H,6-8H2,1H3,(H,16,19). The quantitative estimate of drug-likeness (QED) is 0.908. The smallest absolute Gasteiger partial charge is 0.224 e. The van der Waals surface area contributed by atoms with E-state index in [1.165, 1.54) is 0 Å². The largest absolute Gasteiger partial charge is 0.355 e. The third-order valence-electron chi connectivity index (χ3n) is 2.77. The highest BCUT2D eigenvalue weighted by Crippen LogP contribution is 2.09. The number of nitrogens with one attached hydrogen (secondary N) is 1. The summed E-state index contributed by atoms with van der Waals surface area (Å²) in [4.78, 5) is 11.7. The zero-order chi connectivity index (χ0) is 13.7. The highest BCUT2D eigenvalue weighted by molar-refractivity contribution is 6.30. The minimum Gasteiger partial charge on any atom is -0.355 e. The van der Waals surface area contributed by atoms with Crippen molar-refractivity contribution in [2.75, 3.05) is 6.54 Å². The summed E-state index contributed by atoms with van der Waals surface area (Å²) in [5.74, 6) is 0.0196. The zero-order valence-corrected chi connectivity index (χ0v) is 11.5. The average molecular weight is 278 g/mol. The van der Waals surface area contributed by atoms with Crippen molar-refractivity contribution in [1.82, 2.24) is 15.1 Å². The van der Waals surface area contributed by atoms with Crippen LogP contribution in [0.3, 0.4) is 0 Å². The Labute approximate surface area is 117 Å². The zero-order valence-electron chi connectivity index (χ0n) is 10.8. The van der Waals surface area contributed by atoms with Gasteiger partial charge in [0.25, 0.3) is 0 Å². The molecule has 0 radical (unpaired) electrons. The molecule has 1 aromatic heterocycles. The van der Waals surface area contributed by atoms with Gasteiger partial charge in [-0.3, -0.25) is 9.48 Å². The van der Waals surface area contributed by atoms with Gasteiger partial charge in [0.2, 0.25) is 5.91 Å². The van der Waals surface area contributed by atoms with E-state index in [9.17, 15) is 4.79 Å². The van der Waals surface area contributed by atoms with Gasteiger partial charge < -0.3 is 5.32 Å². The minimum absolute atomic E-state index is 0.0196. The van der Waals surface area contributed by atoms with Gasteiger partial charge in [0.05, 0.1) is 12.6 Å². The maximum Gasteiger partial charge on any atom is 0.224 e. The van der Waals surface area contributed by atoms with Crippen molar-refractivity contribution in [1.29, 1.82) is 0 Å². The number of amides is 1. The lowest BCUT2D eigenvalue weighted by molar-refractivity contribution is -0.120. The molecule has 2 rings (SSSR count). The van der Waals surface area contributed by atoms with E-state index >= 15 is 0 Å². The topological polar surface area (TPSA) is 46.9 Å². The Hall–Kier alpha value is -1.81. The van der Waals surface area contributed by atoms with Gasteiger partial charge in [-0.2, -0.15) is 5.10 Å². The number of aryl methyl sites for hydroxylation is 1. The SMILES string of the molecule is Cn1cc(CCNC(=O)Cc2ccc(Cl)cc2)cn1. The fraction of sp³-hybridized carbons (Fsp3) is 0.286. The molecular formula is C14H16ClN3O. The molecule has 0 aliphatic heterocycles. The second kappa shape index (κ2) is 6.38. The van der Waals surface area contributed by atoms with E-state index in [1.807, 2.05) is 31.6 Å². The first-order valence-electron chi connectivity index (χ1n) is 6.12. The minimum atomic E-state index is 0.0196. The predicted molar refractivity (Wildman–Crippen MR) is 75.1 cm³/mol. The number of aromatic nitrogens is 2. The lowest BCUT2D eigenvalue weighted by Crippen LogP contribution is -2.27. The number of carbonyl (C=O) groups is 1. The van der Waals surface area contributed by atoms with Gasteiger partial charge in [-0.15, -0.1) is 0 Å².